The third-order valence-electron chi connectivity index (χ3n) is 3.66. The molecule has 0 fully saturated rings. The summed E-state index contributed by atoms with van der Waals surface area (Å²) in [5.74, 6) is -0.0881. The van der Waals surface area contributed by atoms with Crippen LogP contribution >= 0.6 is 23.1 Å². The van der Waals surface area contributed by atoms with E-state index < -0.39 is 0 Å². The van der Waals surface area contributed by atoms with Gasteiger partial charge in [-0.05, 0) is 36.6 Å². The first-order valence-electron chi connectivity index (χ1n) is 8.70. The Bertz CT molecular complexity index is 775. The third kappa shape index (κ3) is 8.31. The van der Waals surface area contributed by atoms with Gasteiger partial charge in [-0.3, -0.25) is 15.2 Å². The molecule has 0 aliphatic heterocycles. The van der Waals surface area contributed by atoms with E-state index in [0.29, 0.717) is 28.2 Å². The van der Waals surface area contributed by atoms with Crippen molar-refractivity contribution in [1.29, 1.82) is 5.41 Å². The lowest BCUT2D eigenvalue weighted by Gasteiger charge is -2.02. The van der Waals surface area contributed by atoms with Crippen molar-refractivity contribution < 1.29 is 4.79 Å². The number of rotatable bonds is 9. The molecule has 0 aliphatic rings. The van der Waals surface area contributed by atoms with Crippen molar-refractivity contribution in [3.05, 3.63) is 40.9 Å². The van der Waals surface area contributed by atoms with Crippen LogP contribution in [0, 0.1) is 5.41 Å². The van der Waals surface area contributed by atoms with Gasteiger partial charge in [0.1, 0.15) is 5.01 Å². The lowest BCUT2D eigenvalue weighted by Crippen LogP contribution is -2.14. The zero-order valence-corrected chi connectivity index (χ0v) is 16.9. The van der Waals surface area contributed by atoms with E-state index in [1.54, 1.807) is 7.05 Å². The Balaban J connectivity index is 1.64. The number of unbranched alkanes of at least 4 members (excludes halogenated alkanes) is 2. The van der Waals surface area contributed by atoms with Crippen LogP contribution in [0.15, 0.2) is 35.3 Å². The molecule has 9 heteroatoms. The summed E-state index contributed by atoms with van der Waals surface area (Å²) in [6.07, 6.45) is 4.77. The van der Waals surface area contributed by atoms with Crippen LogP contribution in [0.5, 0.6) is 0 Å². The topological polar surface area (TPSA) is 117 Å². The second-order valence-electron chi connectivity index (χ2n) is 5.86. The zero-order valence-electron chi connectivity index (χ0n) is 15.3. The molecule has 1 amide bonds. The van der Waals surface area contributed by atoms with Gasteiger partial charge in [-0.1, -0.05) is 48.1 Å². The quantitative estimate of drug-likeness (QED) is 0.336. The summed E-state index contributed by atoms with van der Waals surface area (Å²) in [4.78, 5) is 15.9. The van der Waals surface area contributed by atoms with Crippen LogP contribution < -0.4 is 11.1 Å². The van der Waals surface area contributed by atoms with Crippen LogP contribution in [-0.2, 0) is 17.6 Å². The number of hydrogen-bond acceptors (Lipinski definition) is 7. The monoisotopic (exact) mass is 404 g/mol. The Morgan fingerprint density at radius 3 is 2.78 bits per heavy atom. The molecule has 2 aromatic rings. The van der Waals surface area contributed by atoms with Gasteiger partial charge in [0.15, 0.2) is 5.17 Å². The summed E-state index contributed by atoms with van der Waals surface area (Å²) in [6.45, 7) is 0. The molecule has 0 saturated heterocycles. The van der Waals surface area contributed by atoms with E-state index in [1.807, 2.05) is 30.3 Å². The summed E-state index contributed by atoms with van der Waals surface area (Å²) in [6, 6.07) is 9.60. The Morgan fingerprint density at radius 1 is 1.26 bits per heavy atom. The number of amidine groups is 1. The smallest absolute Gasteiger partial charge is 0.230 e. The van der Waals surface area contributed by atoms with Crippen molar-refractivity contribution in [3.8, 4) is 0 Å². The zero-order chi connectivity index (χ0) is 19.5. The number of amides is 1. The molecule has 144 valence electrons. The maximum atomic E-state index is 12.0. The van der Waals surface area contributed by atoms with E-state index in [1.165, 1.54) is 23.1 Å². The Labute approximate surface area is 167 Å². The summed E-state index contributed by atoms with van der Waals surface area (Å²) in [5.41, 5.74) is 6.56. The van der Waals surface area contributed by atoms with E-state index in [4.69, 9.17) is 11.1 Å². The lowest BCUT2D eigenvalue weighted by atomic mass is 10.1. The minimum Gasteiger partial charge on any atom is -0.378 e. The molecule has 1 aromatic carbocycles. The number of nitrogens with one attached hydrogen (secondary N) is 2. The first kappa shape index (κ1) is 21.0. The van der Waals surface area contributed by atoms with Gasteiger partial charge in [0.05, 0.1) is 11.5 Å². The molecular formula is C18H24N6OS2. The molecule has 4 N–H and O–H groups in total. The number of thioether (sulfide) groups is 1. The van der Waals surface area contributed by atoms with Crippen molar-refractivity contribution >= 4 is 44.3 Å². The molecule has 0 radical (unpaired) electrons. The van der Waals surface area contributed by atoms with Crippen LogP contribution in [0.3, 0.4) is 0 Å². The number of nitrogens with zero attached hydrogens (tertiary/aromatic N) is 3. The maximum Gasteiger partial charge on any atom is 0.230 e. The Morgan fingerprint density at radius 2 is 2.04 bits per heavy atom. The van der Waals surface area contributed by atoms with E-state index in [0.717, 1.165) is 36.3 Å². The molecule has 7 nitrogen and oxygen atoms in total. The van der Waals surface area contributed by atoms with Crippen molar-refractivity contribution in [2.45, 2.75) is 38.5 Å². The summed E-state index contributed by atoms with van der Waals surface area (Å²) in [7, 11) is 1.62. The average Bonchev–Trinajstić information content (AvgIpc) is 3.09. The number of aliphatic imine (C=N–C) groups is 1. The van der Waals surface area contributed by atoms with Crippen LogP contribution in [0.4, 0.5) is 5.13 Å². The first-order valence-corrected chi connectivity index (χ1v) is 10.3. The molecule has 0 bridgehead atoms. The van der Waals surface area contributed by atoms with Gasteiger partial charge in [0, 0.05) is 13.5 Å². The second-order valence-corrected chi connectivity index (χ2v) is 8.04. The highest BCUT2D eigenvalue weighted by Crippen LogP contribution is 2.18. The number of benzene rings is 1. The fraction of sp³-hybridized carbons (Fsp3) is 0.389. The van der Waals surface area contributed by atoms with E-state index in [-0.39, 0.29) is 5.91 Å². The van der Waals surface area contributed by atoms with Gasteiger partial charge in [0.2, 0.25) is 11.0 Å². The molecule has 1 aromatic heterocycles. The number of carbonyl (C=O) groups is 1. The molecule has 0 spiro atoms. The van der Waals surface area contributed by atoms with Gasteiger partial charge in [-0.25, -0.2) is 0 Å². The fourth-order valence-corrected chi connectivity index (χ4v) is 3.70. The summed E-state index contributed by atoms with van der Waals surface area (Å²) in [5, 5.41) is 21.2. The number of hydrogen-bond donors (Lipinski definition) is 3. The number of carbonyl (C=O) groups excluding carboxylic acids is 1. The van der Waals surface area contributed by atoms with Gasteiger partial charge >= 0.3 is 0 Å². The largest absolute Gasteiger partial charge is 0.378 e. The van der Waals surface area contributed by atoms with E-state index in [2.05, 4.69) is 20.5 Å². The van der Waals surface area contributed by atoms with Crippen molar-refractivity contribution in [2.24, 2.45) is 10.7 Å². The second kappa shape index (κ2) is 11.5. The summed E-state index contributed by atoms with van der Waals surface area (Å²) < 4.78 is 0. The van der Waals surface area contributed by atoms with Gasteiger partial charge in [0.25, 0.3) is 0 Å². The molecule has 0 unspecified atom stereocenters. The van der Waals surface area contributed by atoms with Crippen LogP contribution in [0.2, 0.25) is 0 Å². The molecule has 0 atom stereocenters. The predicted octanol–water partition coefficient (Wildman–Crippen LogP) is 3.48. The van der Waals surface area contributed by atoms with Crippen LogP contribution in [-0.4, -0.2) is 33.4 Å². The minimum absolute atomic E-state index is 0.0881. The number of aromatic nitrogens is 2. The lowest BCUT2D eigenvalue weighted by molar-refractivity contribution is -0.115. The molecule has 0 saturated carbocycles. The maximum absolute atomic E-state index is 12.0. The standard InChI is InChI=1S/C18H24N6OS2/c1-21-17(20)26-14(19)10-6-3-7-11-16-23-24-18(27-16)22-15(25)12-13-8-4-2-5-9-13/h2,4-5,8-9,19H,3,6-7,10-12H2,1H3,(H2,20,21)(H,22,24,25). The molecule has 0 aliphatic carbocycles. The molecular weight excluding hydrogens is 380 g/mol. The Hall–Kier alpha value is -2.26. The van der Waals surface area contributed by atoms with E-state index in [9.17, 15) is 4.79 Å². The van der Waals surface area contributed by atoms with Gasteiger partial charge in [-0.2, -0.15) is 0 Å². The molecule has 1 heterocycles. The van der Waals surface area contributed by atoms with Crippen LogP contribution in [0.25, 0.3) is 0 Å². The van der Waals surface area contributed by atoms with E-state index >= 15 is 0 Å². The predicted molar refractivity (Wildman–Crippen MR) is 114 cm³/mol. The Kier molecular flexibility index (Phi) is 8.93. The number of anilines is 1. The SMILES string of the molecule is CN=C(N)SC(=N)CCCCCc1nnc(NC(=O)Cc2ccccc2)s1. The normalized spacial score (nSPS) is 11.4. The van der Waals surface area contributed by atoms with Gasteiger partial charge in [-0.15, -0.1) is 10.2 Å². The van der Waals surface area contributed by atoms with Crippen molar-refractivity contribution in [2.75, 3.05) is 12.4 Å². The average molecular weight is 405 g/mol. The highest BCUT2D eigenvalue weighted by Gasteiger charge is 2.09. The summed E-state index contributed by atoms with van der Waals surface area (Å²) >= 11 is 2.63. The highest BCUT2D eigenvalue weighted by molar-refractivity contribution is 8.26. The number of aryl methyl sites for hydroxylation is 1. The molecule has 2 rings (SSSR count). The minimum atomic E-state index is -0.0881. The van der Waals surface area contributed by atoms with Crippen molar-refractivity contribution in [1.82, 2.24) is 10.2 Å². The van der Waals surface area contributed by atoms with Crippen LogP contribution in [0.1, 0.15) is 36.3 Å². The first-order chi connectivity index (χ1) is 13.1. The number of nitrogens with two attached hydrogens (primary N) is 1. The van der Waals surface area contributed by atoms with Crippen molar-refractivity contribution in [3.63, 3.8) is 0 Å². The fourth-order valence-electron chi connectivity index (χ4n) is 2.31. The van der Waals surface area contributed by atoms with Gasteiger partial charge < -0.3 is 11.1 Å². The third-order valence-corrected chi connectivity index (χ3v) is 5.40. The molecule has 27 heavy (non-hydrogen) atoms. The highest BCUT2D eigenvalue weighted by atomic mass is 32.2.